The van der Waals surface area contributed by atoms with E-state index in [1.165, 1.54) is 0 Å². The quantitative estimate of drug-likeness (QED) is 0.872. The van der Waals surface area contributed by atoms with Crippen molar-refractivity contribution in [1.82, 2.24) is 9.78 Å². The molecule has 1 aliphatic rings. The van der Waals surface area contributed by atoms with Crippen LogP contribution in [0.25, 0.3) is 11.3 Å². The summed E-state index contributed by atoms with van der Waals surface area (Å²) in [5, 5.41) is 7.39. The third-order valence-corrected chi connectivity index (χ3v) is 3.33. The Kier molecular flexibility index (Phi) is 3.25. The van der Waals surface area contributed by atoms with Crippen molar-refractivity contribution in [3.63, 3.8) is 0 Å². The predicted molar refractivity (Wildman–Crippen MR) is 75.3 cm³/mol. The van der Waals surface area contributed by atoms with Gasteiger partial charge in [-0.25, -0.2) is 4.68 Å². The Hall–Kier alpha value is -1.81. The number of anilines is 1. The van der Waals surface area contributed by atoms with Gasteiger partial charge in [-0.3, -0.25) is 4.79 Å². The van der Waals surface area contributed by atoms with Crippen LogP contribution in [0.2, 0.25) is 0 Å². The first-order valence-electron chi connectivity index (χ1n) is 6.28. The molecular weight excluding hydrogens is 262 g/mol. The molecule has 2 aromatic rings. The topological polar surface area (TPSA) is 46.9 Å². The number of amides is 1. The molecule has 19 heavy (non-hydrogen) atoms. The van der Waals surface area contributed by atoms with Gasteiger partial charge < -0.3 is 5.32 Å². The number of carbonyl (C=O) groups excluding carboxylic acids is 1. The Bertz CT molecular complexity index is 590. The largest absolute Gasteiger partial charge is 0.310 e. The molecule has 3 rings (SSSR count). The SMILES string of the molecule is O=C(CCl)Nc1cc(-c2ccccc2)nn1C1CC1. The summed E-state index contributed by atoms with van der Waals surface area (Å²) in [6.45, 7) is 0. The summed E-state index contributed by atoms with van der Waals surface area (Å²) in [5.74, 6) is 0.478. The monoisotopic (exact) mass is 275 g/mol. The maximum absolute atomic E-state index is 11.4. The Morgan fingerprint density at radius 3 is 2.74 bits per heavy atom. The average Bonchev–Trinajstić information content (AvgIpc) is 3.21. The molecule has 1 amide bonds. The van der Waals surface area contributed by atoms with Crippen LogP contribution in [0.5, 0.6) is 0 Å². The number of hydrogen-bond acceptors (Lipinski definition) is 2. The van der Waals surface area contributed by atoms with Crippen molar-refractivity contribution < 1.29 is 4.79 Å². The molecule has 0 radical (unpaired) electrons. The van der Waals surface area contributed by atoms with Gasteiger partial charge in [0.2, 0.25) is 5.91 Å². The highest BCUT2D eigenvalue weighted by Crippen LogP contribution is 2.38. The summed E-state index contributed by atoms with van der Waals surface area (Å²) in [6, 6.07) is 12.2. The summed E-state index contributed by atoms with van der Waals surface area (Å²) in [5.41, 5.74) is 1.92. The van der Waals surface area contributed by atoms with Gasteiger partial charge in [0.15, 0.2) is 0 Å². The molecule has 0 spiro atoms. The van der Waals surface area contributed by atoms with E-state index in [1.54, 1.807) is 0 Å². The van der Waals surface area contributed by atoms with Crippen LogP contribution in [0.15, 0.2) is 36.4 Å². The molecule has 1 aromatic heterocycles. The van der Waals surface area contributed by atoms with E-state index < -0.39 is 0 Å². The fourth-order valence-corrected chi connectivity index (χ4v) is 2.08. The summed E-state index contributed by atoms with van der Waals surface area (Å²) >= 11 is 5.53. The van der Waals surface area contributed by atoms with Gasteiger partial charge in [-0.2, -0.15) is 5.10 Å². The average molecular weight is 276 g/mol. The molecule has 0 bridgehead atoms. The smallest absolute Gasteiger partial charge is 0.240 e. The van der Waals surface area contributed by atoms with Crippen LogP contribution in [-0.2, 0) is 4.79 Å². The Morgan fingerprint density at radius 1 is 1.37 bits per heavy atom. The highest BCUT2D eigenvalue weighted by molar-refractivity contribution is 6.29. The van der Waals surface area contributed by atoms with Crippen LogP contribution >= 0.6 is 11.6 Å². The first kappa shape index (κ1) is 12.2. The molecule has 5 heteroatoms. The van der Waals surface area contributed by atoms with Crippen LogP contribution in [0, 0.1) is 0 Å². The van der Waals surface area contributed by atoms with E-state index in [2.05, 4.69) is 10.4 Å². The minimum Gasteiger partial charge on any atom is -0.310 e. The molecule has 0 atom stereocenters. The predicted octanol–water partition coefficient (Wildman–Crippen LogP) is 3.06. The number of alkyl halides is 1. The third kappa shape index (κ3) is 2.63. The van der Waals surface area contributed by atoms with E-state index in [1.807, 2.05) is 41.1 Å². The second-order valence-electron chi connectivity index (χ2n) is 4.64. The maximum Gasteiger partial charge on any atom is 0.240 e. The van der Waals surface area contributed by atoms with Gasteiger partial charge in [-0.1, -0.05) is 30.3 Å². The lowest BCUT2D eigenvalue weighted by molar-refractivity contribution is -0.114. The lowest BCUT2D eigenvalue weighted by atomic mass is 10.2. The van der Waals surface area contributed by atoms with Gasteiger partial charge in [0, 0.05) is 11.6 Å². The highest BCUT2D eigenvalue weighted by atomic mass is 35.5. The third-order valence-electron chi connectivity index (χ3n) is 3.09. The van der Waals surface area contributed by atoms with E-state index in [-0.39, 0.29) is 11.8 Å². The second kappa shape index (κ2) is 5.05. The van der Waals surface area contributed by atoms with E-state index >= 15 is 0 Å². The van der Waals surface area contributed by atoms with Crippen molar-refractivity contribution in [3.8, 4) is 11.3 Å². The number of hydrogen-bond donors (Lipinski definition) is 1. The van der Waals surface area contributed by atoms with Crippen molar-refractivity contribution in [3.05, 3.63) is 36.4 Å². The molecule has 1 N–H and O–H groups in total. The van der Waals surface area contributed by atoms with Crippen molar-refractivity contribution >= 4 is 23.3 Å². The van der Waals surface area contributed by atoms with Crippen LogP contribution in [0.4, 0.5) is 5.82 Å². The van der Waals surface area contributed by atoms with Crippen molar-refractivity contribution in [2.24, 2.45) is 0 Å². The van der Waals surface area contributed by atoms with Gasteiger partial charge >= 0.3 is 0 Å². The molecule has 1 aliphatic carbocycles. The number of nitrogens with zero attached hydrogens (tertiary/aromatic N) is 2. The lowest BCUT2D eigenvalue weighted by Crippen LogP contribution is -2.15. The number of rotatable bonds is 4. The Labute approximate surface area is 116 Å². The number of benzene rings is 1. The summed E-state index contributed by atoms with van der Waals surface area (Å²) in [6.07, 6.45) is 2.22. The van der Waals surface area contributed by atoms with E-state index in [9.17, 15) is 4.79 Å². The second-order valence-corrected chi connectivity index (χ2v) is 4.91. The molecule has 0 aliphatic heterocycles. The minimum absolute atomic E-state index is 0.0451. The first-order valence-corrected chi connectivity index (χ1v) is 6.82. The fourth-order valence-electron chi connectivity index (χ4n) is 2.01. The first-order chi connectivity index (χ1) is 9.28. The van der Waals surface area contributed by atoms with Crippen LogP contribution in [0.1, 0.15) is 18.9 Å². The summed E-state index contributed by atoms with van der Waals surface area (Å²) in [7, 11) is 0. The Morgan fingerprint density at radius 2 is 2.11 bits per heavy atom. The van der Waals surface area contributed by atoms with E-state index in [0.29, 0.717) is 6.04 Å². The summed E-state index contributed by atoms with van der Waals surface area (Å²) in [4.78, 5) is 11.4. The highest BCUT2D eigenvalue weighted by Gasteiger charge is 2.28. The van der Waals surface area contributed by atoms with Gasteiger partial charge in [0.1, 0.15) is 11.7 Å². The zero-order valence-electron chi connectivity index (χ0n) is 10.3. The molecule has 1 heterocycles. The molecule has 1 saturated carbocycles. The number of carbonyl (C=O) groups is 1. The van der Waals surface area contributed by atoms with Gasteiger partial charge in [-0.05, 0) is 12.8 Å². The van der Waals surface area contributed by atoms with Crippen molar-refractivity contribution in [2.45, 2.75) is 18.9 Å². The fraction of sp³-hybridized carbons (Fsp3) is 0.286. The molecular formula is C14H14ClN3O. The van der Waals surface area contributed by atoms with E-state index in [4.69, 9.17) is 11.6 Å². The molecule has 1 aromatic carbocycles. The van der Waals surface area contributed by atoms with Gasteiger partial charge in [0.05, 0.1) is 11.7 Å². The molecule has 98 valence electrons. The van der Waals surface area contributed by atoms with Crippen molar-refractivity contribution in [2.75, 3.05) is 11.2 Å². The van der Waals surface area contributed by atoms with Crippen LogP contribution in [0.3, 0.4) is 0 Å². The standard InChI is InChI=1S/C14H14ClN3O/c15-9-14(19)16-13-8-12(10-4-2-1-3-5-10)17-18(13)11-6-7-11/h1-5,8,11H,6-7,9H2,(H,16,19). The van der Waals surface area contributed by atoms with Crippen LogP contribution in [-0.4, -0.2) is 21.6 Å². The maximum atomic E-state index is 11.4. The number of aromatic nitrogens is 2. The summed E-state index contributed by atoms with van der Waals surface area (Å²) < 4.78 is 1.90. The van der Waals surface area contributed by atoms with Crippen LogP contribution < -0.4 is 5.32 Å². The minimum atomic E-state index is -0.205. The molecule has 0 saturated heterocycles. The van der Waals surface area contributed by atoms with Crippen molar-refractivity contribution in [1.29, 1.82) is 0 Å². The number of halogens is 1. The lowest BCUT2D eigenvalue weighted by Gasteiger charge is -2.05. The van der Waals surface area contributed by atoms with E-state index in [0.717, 1.165) is 29.9 Å². The normalized spacial score (nSPS) is 14.4. The molecule has 1 fully saturated rings. The zero-order chi connectivity index (χ0) is 13.2. The zero-order valence-corrected chi connectivity index (χ0v) is 11.1. The molecule has 0 unspecified atom stereocenters. The Balaban J connectivity index is 1.94. The van der Waals surface area contributed by atoms with Gasteiger partial charge in [0.25, 0.3) is 0 Å². The number of nitrogens with one attached hydrogen (secondary N) is 1. The molecule has 4 nitrogen and oxygen atoms in total. The van der Waals surface area contributed by atoms with Gasteiger partial charge in [-0.15, -0.1) is 11.6 Å².